The Hall–Kier alpha value is -3.15. The summed E-state index contributed by atoms with van der Waals surface area (Å²) in [6.07, 6.45) is 4.94. The first-order valence-corrected chi connectivity index (χ1v) is 9.25. The van der Waals surface area contributed by atoms with Crippen LogP contribution in [0.5, 0.6) is 0 Å². The topological polar surface area (TPSA) is 80.0 Å². The van der Waals surface area contributed by atoms with Crippen molar-refractivity contribution in [3.63, 3.8) is 0 Å². The summed E-state index contributed by atoms with van der Waals surface area (Å²) in [5.74, 6) is 1.61. The van der Waals surface area contributed by atoms with Gasteiger partial charge in [-0.05, 0) is 18.6 Å². The van der Waals surface area contributed by atoms with Crippen molar-refractivity contribution in [1.29, 1.82) is 0 Å². The quantitative estimate of drug-likeness (QED) is 0.554. The molecule has 6 nitrogen and oxygen atoms in total. The summed E-state index contributed by atoms with van der Waals surface area (Å²) >= 11 is 0. The molecule has 27 heavy (non-hydrogen) atoms. The maximum absolute atomic E-state index is 12.6. The highest BCUT2D eigenvalue weighted by Gasteiger charge is 2.13. The van der Waals surface area contributed by atoms with Gasteiger partial charge in [0.25, 0.3) is 5.91 Å². The summed E-state index contributed by atoms with van der Waals surface area (Å²) in [6, 6.07) is 15.0. The Morgan fingerprint density at radius 2 is 1.93 bits per heavy atom. The molecule has 6 heteroatoms. The van der Waals surface area contributed by atoms with Crippen LogP contribution in [0, 0.1) is 0 Å². The third-order valence-electron chi connectivity index (χ3n) is 4.08. The average Bonchev–Trinajstić information content (AvgIpc) is 3.23. The van der Waals surface area contributed by atoms with Gasteiger partial charge < -0.3 is 15.1 Å². The fourth-order valence-corrected chi connectivity index (χ4v) is 2.63. The van der Waals surface area contributed by atoms with E-state index < -0.39 is 0 Å². The molecule has 0 unspecified atom stereocenters. The second-order valence-corrected chi connectivity index (χ2v) is 6.22. The maximum atomic E-state index is 12.6. The molecule has 0 saturated heterocycles. The minimum atomic E-state index is -0.261. The minimum absolute atomic E-state index is 0.261. The number of unbranched alkanes of at least 4 members (excludes halogenated alkanes) is 2. The molecule has 2 N–H and O–H groups in total. The van der Waals surface area contributed by atoms with Crippen LogP contribution in [0.1, 0.15) is 42.4 Å². The summed E-state index contributed by atoms with van der Waals surface area (Å²) in [4.78, 5) is 21.6. The number of aromatic nitrogens is 2. The van der Waals surface area contributed by atoms with Crippen molar-refractivity contribution in [2.75, 3.05) is 11.9 Å². The minimum Gasteiger partial charge on any atom is -0.467 e. The molecule has 1 aromatic carbocycles. The number of hydrogen-bond donors (Lipinski definition) is 2. The number of rotatable bonds is 9. The number of carbonyl (C=O) groups excluding carboxylic acids is 1. The first kappa shape index (κ1) is 18.6. The Bertz CT molecular complexity index is 848. The number of hydrogen-bond acceptors (Lipinski definition) is 5. The van der Waals surface area contributed by atoms with E-state index in [0.29, 0.717) is 29.6 Å². The number of amides is 1. The average molecular weight is 364 g/mol. The van der Waals surface area contributed by atoms with E-state index >= 15 is 0 Å². The molecule has 0 radical (unpaired) electrons. The van der Waals surface area contributed by atoms with Crippen LogP contribution in [0.2, 0.25) is 0 Å². The van der Waals surface area contributed by atoms with Crippen molar-refractivity contribution < 1.29 is 9.21 Å². The van der Waals surface area contributed by atoms with Crippen LogP contribution in [0.4, 0.5) is 5.82 Å². The van der Waals surface area contributed by atoms with Gasteiger partial charge >= 0.3 is 0 Å². The zero-order chi connectivity index (χ0) is 18.9. The van der Waals surface area contributed by atoms with Crippen LogP contribution in [-0.4, -0.2) is 22.4 Å². The maximum Gasteiger partial charge on any atom is 0.270 e. The van der Waals surface area contributed by atoms with Crippen LogP contribution in [0.15, 0.2) is 59.2 Å². The number of carbonyl (C=O) groups is 1. The van der Waals surface area contributed by atoms with Crippen molar-refractivity contribution >= 4 is 11.7 Å². The lowest BCUT2D eigenvalue weighted by Crippen LogP contribution is -2.24. The molecule has 0 bridgehead atoms. The van der Waals surface area contributed by atoms with Crippen LogP contribution in [0.3, 0.4) is 0 Å². The Kier molecular flexibility index (Phi) is 6.57. The lowest BCUT2D eigenvalue weighted by atomic mass is 10.2. The van der Waals surface area contributed by atoms with Gasteiger partial charge in [-0.3, -0.25) is 4.79 Å². The van der Waals surface area contributed by atoms with Crippen molar-refractivity contribution in [3.05, 3.63) is 66.2 Å². The van der Waals surface area contributed by atoms with E-state index in [2.05, 4.69) is 27.5 Å². The van der Waals surface area contributed by atoms with E-state index in [-0.39, 0.29) is 5.91 Å². The van der Waals surface area contributed by atoms with Crippen molar-refractivity contribution in [2.24, 2.45) is 0 Å². The second kappa shape index (κ2) is 9.52. The van der Waals surface area contributed by atoms with Gasteiger partial charge in [0.1, 0.15) is 17.3 Å². The lowest BCUT2D eigenvalue weighted by molar-refractivity contribution is 0.0943. The third kappa shape index (κ3) is 5.41. The van der Waals surface area contributed by atoms with Crippen molar-refractivity contribution in [1.82, 2.24) is 15.3 Å². The molecule has 0 aliphatic carbocycles. The fourth-order valence-electron chi connectivity index (χ4n) is 2.63. The molecule has 140 valence electrons. The molecule has 0 saturated carbocycles. The molecule has 2 aromatic heterocycles. The monoisotopic (exact) mass is 364 g/mol. The predicted molar refractivity (Wildman–Crippen MR) is 105 cm³/mol. The molecule has 0 atom stereocenters. The molecule has 0 spiro atoms. The smallest absolute Gasteiger partial charge is 0.270 e. The summed E-state index contributed by atoms with van der Waals surface area (Å²) in [5.41, 5.74) is 1.20. The number of nitrogens with one attached hydrogen (secondary N) is 2. The normalized spacial score (nSPS) is 10.6. The summed E-state index contributed by atoms with van der Waals surface area (Å²) in [6.45, 7) is 3.29. The lowest BCUT2D eigenvalue weighted by Gasteiger charge is -2.10. The first-order chi connectivity index (χ1) is 13.3. The highest BCUT2D eigenvalue weighted by Crippen LogP contribution is 2.18. The van der Waals surface area contributed by atoms with Crippen LogP contribution in [0.25, 0.3) is 11.4 Å². The number of anilines is 1. The molecule has 2 heterocycles. The molecular weight excluding hydrogens is 340 g/mol. The Morgan fingerprint density at radius 3 is 2.67 bits per heavy atom. The second-order valence-electron chi connectivity index (χ2n) is 6.22. The van der Waals surface area contributed by atoms with Gasteiger partial charge in [0.2, 0.25) is 0 Å². The van der Waals surface area contributed by atoms with E-state index in [9.17, 15) is 4.79 Å². The molecule has 3 aromatic rings. The van der Waals surface area contributed by atoms with E-state index in [1.807, 2.05) is 36.4 Å². The predicted octanol–water partition coefficient (Wildman–Crippen LogP) is 4.27. The molecule has 3 rings (SSSR count). The highest BCUT2D eigenvalue weighted by atomic mass is 16.3. The Balaban J connectivity index is 1.79. The molecule has 0 aliphatic rings. The van der Waals surface area contributed by atoms with Gasteiger partial charge in [0.15, 0.2) is 5.82 Å². The number of furan rings is 1. The van der Waals surface area contributed by atoms with Gasteiger partial charge in [-0.2, -0.15) is 0 Å². The van der Waals surface area contributed by atoms with E-state index in [1.54, 1.807) is 18.4 Å². The van der Waals surface area contributed by atoms with E-state index in [0.717, 1.165) is 31.4 Å². The summed E-state index contributed by atoms with van der Waals surface area (Å²) < 4.78 is 5.25. The zero-order valence-corrected chi connectivity index (χ0v) is 15.4. The fraction of sp³-hybridized carbons (Fsp3) is 0.286. The van der Waals surface area contributed by atoms with Gasteiger partial charge in [-0.1, -0.05) is 50.1 Å². The summed E-state index contributed by atoms with van der Waals surface area (Å²) in [5, 5.41) is 6.14. The van der Waals surface area contributed by atoms with E-state index in [4.69, 9.17) is 4.42 Å². The van der Waals surface area contributed by atoms with E-state index in [1.165, 1.54) is 0 Å². The van der Waals surface area contributed by atoms with Gasteiger partial charge in [-0.25, -0.2) is 9.97 Å². The molecular formula is C21H24N4O2. The zero-order valence-electron chi connectivity index (χ0n) is 15.4. The number of benzene rings is 1. The highest BCUT2D eigenvalue weighted by molar-refractivity contribution is 5.93. The summed E-state index contributed by atoms with van der Waals surface area (Å²) in [7, 11) is 0. The van der Waals surface area contributed by atoms with Crippen LogP contribution < -0.4 is 10.6 Å². The molecule has 0 fully saturated rings. The Labute approximate surface area is 159 Å². The van der Waals surface area contributed by atoms with Gasteiger partial charge in [-0.15, -0.1) is 0 Å². The van der Waals surface area contributed by atoms with Crippen molar-refractivity contribution in [3.8, 4) is 11.4 Å². The Morgan fingerprint density at radius 1 is 1.07 bits per heavy atom. The largest absolute Gasteiger partial charge is 0.467 e. The SMILES string of the molecule is CCCCCNc1cc(C(=O)NCc2ccco2)nc(-c2ccccc2)n1. The third-order valence-corrected chi connectivity index (χ3v) is 4.08. The van der Waals surface area contributed by atoms with Gasteiger partial charge in [0.05, 0.1) is 12.8 Å². The van der Waals surface area contributed by atoms with Crippen molar-refractivity contribution in [2.45, 2.75) is 32.7 Å². The first-order valence-electron chi connectivity index (χ1n) is 9.25. The van der Waals surface area contributed by atoms with Crippen LogP contribution in [-0.2, 0) is 6.54 Å². The standard InChI is InChI=1S/C21H24N4O2/c1-2-3-7-12-22-19-14-18(21(26)23-15-17-11-8-13-27-17)24-20(25-19)16-9-5-4-6-10-16/h4-6,8-11,13-14H,2-3,7,12,15H2,1H3,(H,23,26)(H,22,24,25). The molecule has 1 amide bonds. The molecule has 0 aliphatic heterocycles. The number of nitrogens with zero attached hydrogens (tertiary/aromatic N) is 2. The van der Waals surface area contributed by atoms with Crippen LogP contribution >= 0.6 is 0 Å². The van der Waals surface area contributed by atoms with Gasteiger partial charge in [0, 0.05) is 18.2 Å².